The van der Waals surface area contributed by atoms with E-state index in [4.69, 9.17) is 4.74 Å². The van der Waals surface area contributed by atoms with E-state index in [1.807, 2.05) is 30.3 Å². The summed E-state index contributed by atoms with van der Waals surface area (Å²) < 4.78 is 9.22. The number of methoxy groups -OCH3 is 2. The maximum atomic E-state index is 11.9. The molecule has 0 aromatic heterocycles. The van der Waals surface area contributed by atoms with Gasteiger partial charge in [-0.2, -0.15) is 0 Å². The fourth-order valence-corrected chi connectivity index (χ4v) is 1.93. The maximum absolute atomic E-state index is 11.9. The fourth-order valence-electron chi connectivity index (χ4n) is 1.93. The van der Waals surface area contributed by atoms with Gasteiger partial charge >= 0.3 is 11.9 Å². The predicted octanol–water partition coefficient (Wildman–Crippen LogP) is 1.49. The summed E-state index contributed by atoms with van der Waals surface area (Å²) in [4.78, 5) is 23.1. The van der Waals surface area contributed by atoms with E-state index in [0.29, 0.717) is 5.70 Å². The van der Waals surface area contributed by atoms with Gasteiger partial charge in [0.1, 0.15) is 0 Å². The van der Waals surface area contributed by atoms with Crippen LogP contribution in [0.15, 0.2) is 53.8 Å². The van der Waals surface area contributed by atoms with Crippen molar-refractivity contribution < 1.29 is 24.2 Å². The highest BCUT2D eigenvalue weighted by Crippen LogP contribution is 2.16. The molecule has 0 saturated carbocycles. The van der Waals surface area contributed by atoms with Gasteiger partial charge < -0.3 is 19.9 Å². The van der Waals surface area contributed by atoms with Crippen LogP contribution >= 0.6 is 0 Å². The Bertz CT molecular complexity index is 592. The van der Waals surface area contributed by atoms with E-state index in [1.165, 1.54) is 20.3 Å². The van der Waals surface area contributed by atoms with Gasteiger partial charge in [0.2, 0.25) is 0 Å². The van der Waals surface area contributed by atoms with Crippen LogP contribution in [-0.2, 0) is 19.1 Å². The Morgan fingerprint density at radius 2 is 1.83 bits per heavy atom. The van der Waals surface area contributed by atoms with Crippen molar-refractivity contribution in [1.82, 2.24) is 5.32 Å². The lowest BCUT2D eigenvalue weighted by Gasteiger charge is -2.19. The highest BCUT2D eigenvalue weighted by atomic mass is 16.5. The van der Waals surface area contributed by atoms with Gasteiger partial charge in [-0.05, 0) is 18.6 Å². The first kappa shape index (κ1) is 18.4. The Morgan fingerprint density at radius 3 is 2.35 bits per heavy atom. The number of aliphatic hydroxyl groups is 1. The summed E-state index contributed by atoms with van der Waals surface area (Å²) in [5.41, 5.74) is 1.52. The van der Waals surface area contributed by atoms with Crippen LogP contribution in [0.5, 0.6) is 0 Å². The number of carbonyl (C=O) groups is 2. The molecule has 0 unspecified atom stereocenters. The van der Waals surface area contributed by atoms with E-state index in [1.54, 1.807) is 6.92 Å². The van der Waals surface area contributed by atoms with Gasteiger partial charge in [0, 0.05) is 11.8 Å². The van der Waals surface area contributed by atoms with Gasteiger partial charge in [0.25, 0.3) is 0 Å². The van der Waals surface area contributed by atoms with Crippen molar-refractivity contribution >= 4 is 11.9 Å². The molecular weight excluding hydrogens is 298 g/mol. The van der Waals surface area contributed by atoms with Gasteiger partial charge in [0.15, 0.2) is 0 Å². The Balaban J connectivity index is 3.06. The summed E-state index contributed by atoms with van der Waals surface area (Å²) in [6, 6.07) is 8.93. The summed E-state index contributed by atoms with van der Waals surface area (Å²) in [5.74, 6) is -1.18. The molecule has 0 bridgehead atoms. The lowest BCUT2D eigenvalue weighted by Crippen LogP contribution is -2.25. The van der Waals surface area contributed by atoms with Gasteiger partial charge in [-0.25, -0.2) is 9.59 Å². The number of hydrogen-bond donors (Lipinski definition) is 2. The molecule has 0 amide bonds. The standard InChI is InChI=1S/C17H21NO5/c1-12(14(17(21)23-3)9-10-16(20)22-2)18-15(11-19)13-7-5-4-6-8-13/h4-10,15,18-19H,11H2,1-3H3/b10-9+,14-12-/t15-/m1/s1. The second-order valence-electron chi connectivity index (χ2n) is 4.68. The molecular formula is C17H21NO5. The average molecular weight is 319 g/mol. The van der Waals surface area contributed by atoms with Crippen molar-refractivity contribution in [2.24, 2.45) is 0 Å². The van der Waals surface area contributed by atoms with E-state index in [0.717, 1.165) is 11.6 Å². The number of hydrogen-bond acceptors (Lipinski definition) is 6. The van der Waals surface area contributed by atoms with Crippen molar-refractivity contribution in [2.75, 3.05) is 20.8 Å². The number of aliphatic hydroxyl groups excluding tert-OH is 1. The molecule has 6 nitrogen and oxygen atoms in total. The van der Waals surface area contributed by atoms with Gasteiger partial charge in [-0.1, -0.05) is 30.3 Å². The van der Waals surface area contributed by atoms with Crippen LogP contribution in [0.2, 0.25) is 0 Å². The number of nitrogens with one attached hydrogen (secondary N) is 1. The maximum Gasteiger partial charge on any atom is 0.339 e. The van der Waals surface area contributed by atoms with E-state index in [9.17, 15) is 14.7 Å². The molecule has 6 heteroatoms. The Kier molecular flexibility index (Phi) is 7.56. The zero-order valence-corrected chi connectivity index (χ0v) is 13.4. The first-order chi connectivity index (χ1) is 11.0. The summed E-state index contributed by atoms with van der Waals surface area (Å²) >= 11 is 0. The lowest BCUT2D eigenvalue weighted by molar-refractivity contribution is -0.135. The SMILES string of the molecule is COC(=O)/C=C/C(C(=O)OC)=C(\C)N[C@H](CO)c1ccccc1. The third-order valence-electron chi connectivity index (χ3n) is 3.17. The number of carbonyl (C=O) groups excluding carboxylic acids is 2. The molecule has 0 saturated heterocycles. The molecule has 2 N–H and O–H groups in total. The van der Waals surface area contributed by atoms with Gasteiger partial charge in [-0.15, -0.1) is 0 Å². The summed E-state index contributed by atoms with van der Waals surface area (Å²) in [7, 11) is 2.50. The molecule has 0 aliphatic carbocycles. The summed E-state index contributed by atoms with van der Waals surface area (Å²) in [6.07, 6.45) is 2.45. The molecule has 0 fully saturated rings. The zero-order chi connectivity index (χ0) is 17.2. The van der Waals surface area contributed by atoms with E-state index < -0.39 is 11.9 Å². The zero-order valence-electron chi connectivity index (χ0n) is 13.4. The first-order valence-electron chi connectivity index (χ1n) is 7.01. The largest absolute Gasteiger partial charge is 0.466 e. The topological polar surface area (TPSA) is 84.9 Å². The molecule has 0 radical (unpaired) electrons. The quantitative estimate of drug-likeness (QED) is 0.450. The molecule has 23 heavy (non-hydrogen) atoms. The summed E-state index contributed by atoms with van der Waals surface area (Å²) in [6.45, 7) is 1.51. The van der Waals surface area contributed by atoms with Crippen molar-refractivity contribution in [2.45, 2.75) is 13.0 Å². The minimum Gasteiger partial charge on any atom is -0.466 e. The molecule has 0 aliphatic rings. The Morgan fingerprint density at radius 1 is 1.17 bits per heavy atom. The molecule has 124 valence electrons. The highest BCUT2D eigenvalue weighted by Gasteiger charge is 2.15. The lowest BCUT2D eigenvalue weighted by atomic mass is 10.1. The number of benzene rings is 1. The predicted molar refractivity (Wildman–Crippen MR) is 85.3 cm³/mol. The molecule has 1 atom stereocenters. The molecule has 1 rings (SSSR count). The number of rotatable bonds is 7. The first-order valence-corrected chi connectivity index (χ1v) is 7.01. The Hall–Kier alpha value is -2.60. The summed E-state index contributed by atoms with van der Waals surface area (Å²) in [5, 5.41) is 12.6. The second kappa shape index (κ2) is 9.42. The minimum atomic E-state index is -0.597. The van der Waals surface area contributed by atoms with E-state index >= 15 is 0 Å². The van der Waals surface area contributed by atoms with Crippen molar-refractivity contribution in [3.05, 3.63) is 59.3 Å². The van der Waals surface area contributed by atoms with Crippen molar-refractivity contribution in [3.63, 3.8) is 0 Å². The van der Waals surface area contributed by atoms with E-state index in [-0.39, 0.29) is 18.2 Å². The van der Waals surface area contributed by atoms with Crippen LogP contribution in [-0.4, -0.2) is 37.9 Å². The van der Waals surface area contributed by atoms with Crippen LogP contribution in [0.25, 0.3) is 0 Å². The van der Waals surface area contributed by atoms with Crippen molar-refractivity contribution in [3.8, 4) is 0 Å². The molecule has 0 heterocycles. The highest BCUT2D eigenvalue weighted by molar-refractivity contribution is 5.94. The van der Waals surface area contributed by atoms with Gasteiger partial charge in [-0.3, -0.25) is 0 Å². The smallest absolute Gasteiger partial charge is 0.339 e. The molecule has 0 aliphatic heterocycles. The van der Waals surface area contributed by atoms with Crippen LogP contribution in [0.4, 0.5) is 0 Å². The Labute approximate surface area is 135 Å². The third kappa shape index (κ3) is 5.60. The number of esters is 2. The second-order valence-corrected chi connectivity index (χ2v) is 4.68. The van der Waals surface area contributed by atoms with Crippen LogP contribution in [0.3, 0.4) is 0 Å². The van der Waals surface area contributed by atoms with Crippen molar-refractivity contribution in [1.29, 1.82) is 0 Å². The van der Waals surface area contributed by atoms with Crippen LogP contribution in [0.1, 0.15) is 18.5 Å². The number of allylic oxidation sites excluding steroid dienone is 1. The van der Waals surface area contributed by atoms with Crippen LogP contribution in [0, 0.1) is 0 Å². The molecule has 1 aromatic rings. The molecule has 1 aromatic carbocycles. The number of ether oxygens (including phenoxy) is 2. The van der Waals surface area contributed by atoms with Gasteiger partial charge in [0.05, 0.1) is 32.4 Å². The fraction of sp³-hybridized carbons (Fsp3) is 0.294. The molecule has 0 spiro atoms. The normalized spacial score (nSPS) is 13.2. The minimum absolute atomic E-state index is 0.156. The average Bonchev–Trinajstić information content (AvgIpc) is 2.59. The van der Waals surface area contributed by atoms with E-state index in [2.05, 4.69) is 10.1 Å². The third-order valence-corrected chi connectivity index (χ3v) is 3.17. The monoisotopic (exact) mass is 319 g/mol. The van der Waals surface area contributed by atoms with Crippen LogP contribution < -0.4 is 5.32 Å².